The second-order valence-corrected chi connectivity index (χ2v) is 58.1. The molecular weight excluding hydrogens is 1710 g/mol. The lowest BCUT2D eigenvalue weighted by Gasteiger charge is -2.55. The van der Waals surface area contributed by atoms with Gasteiger partial charge >= 0.3 is 0 Å². The van der Waals surface area contributed by atoms with Crippen LogP contribution in [0.2, 0.25) is 0 Å². The summed E-state index contributed by atoms with van der Waals surface area (Å²) in [6.45, 7) is 103. The van der Waals surface area contributed by atoms with E-state index in [-0.39, 0.29) is 81.2 Å². The molecule has 24 rings (SSSR count). The van der Waals surface area contributed by atoms with Gasteiger partial charge in [0.1, 0.15) is 0 Å². The normalized spacial score (nSPS) is 19.6. The second kappa shape index (κ2) is 26.8. The molecule has 12 aliphatic heterocycles. The molecule has 0 fully saturated rings. The lowest BCUT2D eigenvalue weighted by atomic mass is 9.59. The van der Waals surface area contributed by atoms with Gasteiger partial charge in [-0.05, 0) is 272 Å². The Morgan fingerprint density at radius 3 is 0.268 bits per heavy atom. The Bertz CT molecular complexity index is 7020. The lowest BCUT2D eigenvalue weighted by Crippen LogP contribution is -2.44. The third-order valence-electron chi connectivity index (χ3n) is 38.4. The number of hydrogen-bond acceptors (Lipinski definition) is 4. The van der Waals surface area contributed by atoms with Crippen molar-refractivity contribution in [1.29, 1.82) is 0 Å². The van der Waals surface area contributed by atoms with Crippen LogP contribution in [0, 0.1) is 35.5 Å². The average molecular weight is 1860 g/mol. The van der Waals surface area contributed by atoms with E-state index in [0.717, 1.165) is 33.4 Å². The molecule has 12 heterocycles. The maximum atomic E-state index is 4.09. The number of rotatable bonds is 0. The molecule has 12 aromatic rings. The first-order chi connectivity index (χ1) is 65.2. The highest BCUT2D eigenvalue weighted by Crippen LogP contribution is 2.74. The predicted octanol–water partition coefficient (Wildman–Crippen LogP) is 35.2. The molecule has 0 saturated heterocycles. The van der Waals surface area contributed by atoms with Gasteiger partial charge in [-0.25, -0.2) is 0 Å². The molecule has 0 atom stereocenters. The van der Waals surface area contributed by atoms with Crippen LogP contribution in [0.25, 0.3) is 0 Å². The lowest BCUT2D eigenvalue weighted by molar-refractivity contribution is 0.541. The van der Waals surface area contributed by atoms with Crippen LogP contribution in [0.3, 0.4) is 0 Å². The Hall–Kier alpha value is -11.5. The first kappa shape index (κ1) is 92.9. The van der Waals surface area contributed by atoms with Gasteiger partial charge in [-0.3, -0.25) is 0 Å². The summed E-state index contributed by atoms with van der Waals surface area (Å²) in [5.74, 6) is 24.5. The molecule has 0 bridgehead atoms. The van der Waals surface area contributed by atoms with Gasteiger partial charge in [-0.15, -0.1) is 0 Å². The van der Waals surface area contributed by atoms with E-state index in [1.165, 1.54) is 235 Å². The fourth-order valence-electron chi connectivity index (χ4n) is 28.5. The molecule has 142 heavy (non-hydrogen) atoms. The van der Waals surface area contributed by atoms with E-state index in [1.54, 1.807) is 0 Å². The van der Waals surface area contributed by atoms with E-state index in [2.05, 4.69) is 492 Å². The van der Waals surface area contributed by atoms with Crippen LogP contribution in [0.15, 0.2) is 146 Å². The van der Waals surface area contributed by atoms with Crippen molar-refractivity contribution in [3.63, 3.8) is 0 Å². The largest absolute Gasteiger partial charge is 0.309 e. The van der Waals surface area contributed by atoms with Gasteiger partial charge < -0.3 is 19.6 Å². The first-order valence-electron chi connectivity index (χ1n) is 53.3. The Kier molecular flexibility index (Phi) is 17.5. The number of anilines is 12. The van der Waals surface area contributed by atoms with Crippen LogP contribution in [0.5, 0.6) is 0 Å². The van der Waals surface area contributed by atoms with Crippen LogP contribution in [0.1, 0.15) is 491 Å². The second-order valence-electron chi connectivity index (χ2n) is 58.1. The smallest absolute Gasteiger partial charge is 0.0544 e. The van der Waals surface area contributed by atoms with Crippen molar-refractivity contribution in [1.82, 2.24) is 0 Å². The Labute approximate surface area is 851 Å². The summed E-state index contributed by atoms with van der Waals surface area (Å²) < 4.78 is 0. The molecular formula is C138H150N4. The quantitative estimate of drug-likeness (QED) is 0.140. The van der Waals surface area contributed by atoms with Crippen LogP contribution in [-0.2, 0) is 97.5 Å². The monoisotopic (exact) mass is 1860 g/mol. The van der Waals surface area contributed by atoms with E-state index in [4.69, 9.17) is 0 Å². The summed E-state index contributed by atoms with van der Waals surface area (Å²) in [6.07, 6.45) is 0. The van der Waals surface area contributed by atoms with Gasteiger partial charge in [-0.2, -0.15) is 0 Å². The SMILES string of the molecule is CC(C)(C)c1cc2c3c(c1)C(C)(C)c1cc(C(C)(C)C)cc4c1N3c1c(cc(C#Cc3cc5c6c(c3)C(C)(C)c3cc(C#Cc7cc8c9c(c7)C(C)(C)c7cc(C(C)(C)C)cc%10c7N9c7c(cc(C(C)(C)C)cc7C%10(C)C)C8(C)C)cc7c3N6c3c(cc(C#Cc6cc8c9c(c6)C(C)(C)c6cc(C(C)(C)C)cc%10c6N9c6c(cc(C(C)(C)C)cc6C%10(C)C)C8(C)C)cc3C7(C)C)C5(C)C)cc1C4(C)C)C2(C)C. The van der Waals surface area contributed by atoms with Crippen molar-refractivity contribution in [3.8, 4) is 35.5 Å². The summed E-state index contributed by atoms with van der Waals surface area (Å²) in [7, 11) is 0. The minimum atomic E-state index is -0.528. The van der Waals surface area contributed by atoms with Gasteiger partial charge in [0.25, 0.3) is 0 Å². The third-order valence-corrected chi connectivity index (χ3v) is 38.4. The van der Waals surface area contributed by atoms with Gasteiger partial charge in [-0.1, -0.05) is 399 Å². The Morgan fingerprint density at radius 1 is 0.127 bits per heavy atom. The minimum absolute atomic E-state index is 0.0782. The zero-order valence-corrected chi connectivity index (χ0v) is 93.6. The van der Waals surface area contributed by atoms with Gasteiger partial charge in [0.05, 0.1) is 68.2 Å². The molecule has 0 N–H and O–H groups in total. The van der Waals surface area contributed by atoms with E-state index in [9.17, 15) is 0 Å². The Morgan fingerprint density at radius 2 is 0.197 bits per heavy atom. The fourth-order valence-corrected chi connectivity index (χ4v) is 28.5. The molecule has 12 aromatic carbocycles. The van der Waals surface area contributed by atoms with Crippen molar-refractivity contribution in [3.05, 3.63) is 346 Å². The number of hydrogen-bond donors (Lipinski definition) is 0. The molecule has 0 radical (unpaired) electrons. The molecule has 0 aromatic heterocycles. The summed E-state index contributed by atoms with van der Waals surface area (Å²) in [5.41, 5.74) is 58.0. The third kappa shape index (κ3) is 11.7. The molecule has 0 aliphatic carbocycles. The van der Waals surface area contributed by atoms with Crippen molar-refractivity contribution >= 4 is 68.2 Å². The average Bonchev–Trinajstić information content (AvgIpc) is 0.672. The highest BCUT2D eigenvalue weighted by molar-refractivity contribution is 6.05. The molecule has 0 unspecified atom stereocenters. The molecule has 722 valence electrons. The Balaban J connectivity index is 0.715. The minimum Gasteiger partial charge on any atom is -0.309 e. The topological polar surface area (TPSA) is 13.0 Å². The molecule has 0 saturated carbocycles. The van der Waals surface area contributed by atoms with Crippen molar-refractivity contribution < 1.29 is 0 Å². The summed E-state index contributed by atoms with van der Waals surface area (Å²) in [4.78, 5) is 11.0. The summed E-state index contributed by atoms with van der Waals surface area (Å²) in [6, 6.07) is 61.0. The molecule has 0 amide bonds. The van der Waals surface area contributed by atoms with Gasteiger partial charge in [0.15, 0.2) is 0 Å². The van der Waals surface area contributed by atoms with Gasteiger partial charge in [0.2, 0.25) is 0 Å². The molecule has 4 nitrogen and oxygen atoms in total. The standard InChI is InChI=1S/C138H150N4/c1-121(2,3)79-61-97-115-103(67-79)136(37,38)104-68-80(122(4,5)6)62-98-116(104)140(115)112-91(130(97,25)26)55-76(56-92(112)131(98,27)28)46-43-73-49-85-109-86(50-73)128(21,22)88-52-75(45-48-78-59-95-114-96(60-78)135(35,36)102-66-84(126(16,17)18)72-108-120(102)142(114)119-101(134(95,33)34)65-83(125(13,14)15)71-107(119)138(108,41)42)54-90-111(88)139(109)110-87(127(85,19)20)51-74(53-89(110)129(90,23)24)44-47-77-57-93-113-94(58-77)133(31,32)100-64-82(124(10,11)12)70-106-118(100)141(113)117-99(132(93,29)30)63-81(123(7,8)9)69-105(117)137(106,39)40/h49-72H,1-42H3. The van der Waals surface area contributed by atoms with Crippen molar-refractivity contribution in [2.75, 3.05) is 19.6 Å². The number of nitrogens with zero attached hydrogens (tertiary/aromatic N) is 4. The zero-order chi connectivity index (χ0) is 102. The van der Waals surface area contributed by atoms with Crippen LogP contribution < -0.4 is 19.6 Å². The fraction of sp³-hybridized carbons (Fsp3) is 0.435. The van der Waals surface area contributed by atoms with E-state index >= 15 is 0 Å². The van der Waals surface area contributed by atoms with E-state index in [1.807, 2.05) is 0 Å². The summed E-state index contributed by atoms with van der Waals surface area (Å²) in [5, 5.41) is 0. The molecule has 0 spiro atoms. The van der Waals surface area contributed by atoms with Gasteiger partial charge in [0, 0.05) is 98.4 Å². The summed E-state index contributed by atoms with van der Waals surface area (Å²) >= 11 is 0. The van der Waals surface area contributed by atoms with Crippen molar-refractivity contribution in [2.45, 2.75) is 388 Å². The zero-order valence-electron chi connectivity index (χ0n) is 93.6. The maximum absolute atomic E-state index is 4.09. The van der Waals surface area contributed by atoms with Crippen LogP contribution in [0.4, 0.5) is 68.2 Å². The highest BCUT2D eigenvalue weighted by atomic mass is 15.2. The maximum Gasteiger partial charge on any atom is 0.0544 e. The number of benzene rings is 12. The van der Waals surface area contributed by atoms with Crippen molar-refractivity contribution in [2.24, 2.45) is 0 Å². The molecule has 4 heteroatoms. The van der Waals surface area contributed by atoms with E-state index < -0.39 is 16.2 Å². The van der Waals surface area contributed by atoms with E-state index in [0.29, 0.717) is 0 Å². The molecule has 12 aliphatic rings. The highest BCUT2D eigenvalue weighted by Gasteiger charge is 2.60. The predicted molar refractivity (Wildman–Crippen MR) is 600 cm³/mol. The van der Waals surface area contributed by atoms with Crippen LogP contribution >= 0.6 is 0 Å². The first-order valence-corrected chi connectivity index (χ1v) is 53.3. The van der Waals surface area contributed by atoms with Crippen LogP contribution in [-0.4, -0.2) is 0 Å².